The molecule has 8 nitrogen and oxygen atoms in total. The number of likely N-dealkylation sites (N-methyl/N-ethyl adjacent to an activating group) is 1. The quantitative estimate of drug-likeness (QED) is 0.518. The van der Waals surface area contributed by atoms with Crippen molar-refractivity contribution in [3.8, 4) is 0 Å². The van der Waals surface area contributed by atoms with E-state index in [0.717, 1.165) is 4.90 Å². The summed E-state index contributed by atoms with van der Waals surface area (Å²) in [7, 11) is 1.69. The van der Waals surface area contributed by atoms with Gasteiger partial charge in [0.25, 0.3) is 0 Å². The van der Waals surface area contributed by atoms with Gasteiger partial charge in [-0.3, -0.25) is 20.3 Å². The maximum atomic E-state index is 10.6. The summed E-state index contributed by atoms with van der Waals surface area (Å²) in [5.41, 5.74) is 0. The lowest BCUT2D eigenvalue weighted by Crippen LogP contribution is -2.29. The number of guanidine groups is 1. The van der Waals surface area contributed by atoms with Crippen molar-refractivity contribution in [3.05, 3.63) is 0 Å². The van der Waals surface area contributed by atoms with E-state index in [2.05, 4.69) is 5.32 Å². The van der Waals surface area contributed by atoms with Gasteiger partial charge in [-0.05, 0) is 6.42 Å². The summed E-state index contributed by atoms with van der Waals surface area (Å²) >= 11 is 0. The van der Waals surface area contributed by atoms with Gasteiger partial charge in [0.2, 0.25) is 11.8 Å². The van der Waals surface area contributed by atoms with E-state index in [0.29, 0.717) is 25.9 Å². The molecule has 0 spiro atoms. The summed E-state index contributed by atoms with van der Waals surface area (Å²) < 4.78 is 0. The zero-order valence-electron chi connectivity index (χ0n) is 9.39. The average molecular weight is 242 g/mol. The number of amides is 3. The molecule has 0 aromatic rings. The fourth-order valence-corrected chi connectivity index (χ4v) is 1.41. The number of nitrogens with zero attached hydrogens (tertiary/aromatic N) is 2. The van der Waals surface area contributed by atoms with Crippen LogP contribution in [0.2, 0.25) is 0 Å². The second-order valence-electron chi connectivity index (χ2n) is 3.68. The topological polar surface area (TPSA) is 114 Å². The van der Waals surface area contributed by atoms with E-state index in [1.54, 1.807) is 11.9 Å². The smallest absolute Gasteiger partial charge is 0.414 e. The van der Waals surface area contributed by atoms with Crippen LogP contribution in [0.25, 0.3) is 0 Å². The number of hydrogen-bond donors (Lipinski definition) is 3. The van der Waals surface area contributed by atoms with Crippen molar-refractivity contribution in [3.63, 3.8) is 0 Å². The minimum absolute atomic E-state index is 0.0995. The Morgan fingerprint density at radius 2 is 2.12 bits per heavy atom. The number of imide groups is 1. The van der Waals surface area contributed by atoms with Gasteiger partial charge in [-0.15, -0.1) is 0 Å². The highest BCUT2D eigenvalue weighted by atomic mass is 16.4. The van der Waals surface area contributed by atoms with Crippen molar-refractivity contribution < 1.29 is 19.5 Å². The van der Waals surface area contributed by atoms with E-state index >= 15 is 0 Å². The van der Waals surface area contributed by atoms with Gasteiger partial charge >= 0.3 is 6.09 Å². The van der Waals surface area contributed by atoms with Crippen molar-refractivity contribution in [2.24, 2.45) is 0 Å². The maximum absolute atomic E-state index is 10.6. The van der Waals surface area contributed by atoms with Crippen molar-refractivity contribution in [2.45, 2.75) is 12.8 Å². The summed E-state index contributed by atoms with van der Waals surface area (Å²) in [6, 6.07) is 0. The fourth-order valence-electron chi connectivity index (χ4n) is 1.41. The lowest BCUT2D eigenvalue weighted by atomic mass is 10.4. The van der Waals surface area contributed by atoms with Crippen LogP contribution in [0.5, 0.6) is 0 Å². The Balaban J connectivity index is 0.000000171. The normalized spacial score (nSPS) is 19.0. The first kappa shape index (κ1) is 12.9. The van der Waals surface area contributed by atoms with Crippen molar-refractivity contribution in [2.75, 3.05) is 20.1 Å². The van der Waals surface area contributed by atoms with Crippen molar-refractivity contribution >= 4 is 23.9 Å². The van der Waals surface area contributed by atoms with Gasteiger partial charge in [0.15, 0.2) is 5.96 Å². The van der Waals surface area contributed by atoms with Gasteiger partial charge in [0.05, 0.1) is 6.54 Å². The van der Waals surface area contributed by atoms with Crippen LogP contribution in [0.3, 0.4) is 0 Å². The zero-order chi connectivity index (χ0) is 13.0. The number of carbonyl (C=O) groups excluding carboxylic acids is 2. The number of rotatable bonds is 0. The van der Waals surface area contributed by atoms with Gasteiger partial charge in [-0.25, -0.2) is 9.69 Å². The van der Waals surface area contributed by atoms with Crippen LogP contribution in [-0.2, 0) is 9.59 Å². The number of nitrogens with one attached hydrogen (secondary N) is 2. The minimum atomic E-state index is -1.13. The first-order valence-corrected chi connectivity index (χ1v) is 5.04. The summed E-state index contributed by atoms with van der Waals surface area (Å²) in [4.78, 5) is 33.4. The molecular weight excluding hydrogens is 228 g/mol. The van der Waals surface area contributed by atoms with Crippen LogP contribution in [0.15, 0.2) is 0 Å². The second kappa shape index (κ2) is 5.28. The summed E-state index contributed by atoms with van der Waals surface area (Å²) in [6.07, 6.45) is -0.0743. The maximum Gasteiger partial charge on any atom is 0.414 e. The molecule has 3 N–H and O–H groups in total. The Morgan fingerprint density at radius 3 is 2.29 bits per heavy atom. The molecule has 8 heteroatoms. The van der Waals surface area contributed by atoms with Gasteiger partial charge in [-0.2, -0.15) is 0 Å². The fraction of sp³-hybridized carbons (Fsp3) is 0.556. The number of carboxylic acid groups (broad SMARTS) is 1. The molecule has 2 rings (SSSR count). The average Bonchev–Trinajstić information content (AvgIpc) is 2.75. The third-order valence-electron chi connectivity index (χ3n) is 2.32. The molecule has 94 valence electrons. The van der Waals surface area contributed by atoms with Crippen LogP contribution in [0.4, 0.5) is 4.79 Å². The second-order valence-corrected chi connectivity index (χ2v) is 3.68. The third-order valence-corrected chi connectivity index (χ3v) is 2.32. The molecule has 0 unspecified atom stereocenters. The molecule has 2 fully saturated rings. The number of carbonyl (C=O) groups is 3. The van der Waals surface area contributed by atoms with Crippen LogP contribution in [0.1, 0.15) is 12.8 Å². The summed E-state index contributed by atoms with van der Waals surface area (Å²) in [5.74, 6) is -0.185. The van der Waals surface area contributed by atoms with E-state index in [1.165, 1.54) is 0 Å². The molecule has 0 atom stereocenters. The Labute approximate surface area is 97.7 Å². The SMILES string of the molecule is CN1CC(=O)NC1=N.O=C(O)N1CCCC1=O. The lowest BCUT2D eigenvalue weighted by Gasteiger charge is -2.05. The Hall–Kier alpha value is -2.12. The Bertz CT molecular complexity index is 368. The largest absolute Gasteiger partial charge is 0.465 e. The third kappa shape index (κ3) is 3.44. The first-order valence-electron chi connectivity index (χ1n) is 5.04. The molecule has 0 bridgehead atoms. The molecular formula is C9H14N4O4. The van der Waals surface area contributed by atoms with E-state index in [-0.39, 0.29) is 17.8 Å². The summed E-state index contributed by atoms with van der Waals surface area (Å²) in [5, 5.41) is 17.6. The first-order chi connectivity index (χ1) is 7.91. The van der Waals surface area contributed by atoms with Gasteiger partial charge in [0.1, 0.15) is 0 Å². The molecule has 0 aromatic carbocycles. The lowest BCUT2D eigenvalue weighted by molar-refractivity contribution is -0.126. The molecule has 0 radical (unpaired) electrons. The van der Waals surface area contributed by atoms with Crippen molar-refractivity contribution in [1.29, 1.82) is 5.41 Å². The highest BCUT2D eigenvalue weighted by Gasteiger charge is 2.25. The molecule has 0 saturated carbocycles. The minimum Gasteiger partial charge on any atom is -0.465 e. The van der Waals surface area contributed by atoms with Crippen LogP contribution in [-0.4, -0.2) is 58.9 Å². The number of likely N-dealkylation sites (tertiary alicyclic amines) is 1. The van der Waals surface area contributed by atoms with E-state index in [1.807, 2.05) is 0 Å². The van der Waals surface area contributed by atoms with E-state index in [9.17, 15) is 14.4 Å². The van der Waals surface area contributed by atoms with E-state index < -0.39 is 6.09 Å². The van der Waals surface area contributed by atoms with Gasteiger partial charge in [-0.1, -0.05) is 0 Å². The van der Waals surface area contributed by atoms with Gasteiger partial charge < -0.3 is 10.0 Å². The monoisotopic (exact) mass is 242 g/mol. The van der Waals surface area contributed by atoms with Crippen LogP contribution < -0.4 is 5.32 Å². The molecule has 3 amide bonds. The molecule has 0 aromatic heterocycles. The molecule has 2 aliphatic heterocycles. The van der Waals surface area contributed by atoms with E-state index in [4.69, 9.17) is 10.5 Å². The Morgan fingerprint density at radius 1 is 1.47 bits per heavy atom. The predicted molar refractivity (Wildman–Crippen MR) is 57.5 cm³/mol. The van der Waals surface area contributed by atoms with Crippen LogP contribution >= 0.6 is 0 Å². The highest BCUT2D eigenvalue weighted by Crippen LogP contribution is 2.08. The van der Waals surface area contributed by atoms with Crippen molar-refractivity contribution in [1.82, 2.24) is 15.1 Å². The van der Waals surface area contributed by atoms with Gasteiger partial charge in [0, 0.05) is 20.0 Å². The predicted octanol–water partition coefficient (Wildman–Crippen LogP) is -0.730. The molecule has 17 heavy (non-hydrogen) atoms. The molecule has 2 aliphatic rings. The highest BCUT2D eigenvalue weighted by molar-refractivity contribution is 6.02. The summed E-state index contributed by atoms with van der Waals surface area (Å²) in [6.45, 7) is 0.688. The zero-order valence-corrected chi connectivity index (χ0v) is 9.39. The molecule has 2 heterocycles. The Kier molecular flexibility index (Phi) is 4.02. The number of hydrogen-bond acceptors (Lipinski definition) is 4. The molecule has 0 aliphatic carbocycles. The standard InChI is InChI=1S/C5H7NO3.C4H7N3O/c7-4-2-1-3-6(4)5(8)9;1-7-2-3(8)6-4(7)5/h1-3H2,(H,8,9);2H2,1H3,(H2,5,6,8). The van der Waals surface area contributed by atoms with Crippen LogP contribution in [0, 0.1) is 5.41 Å². The molecule has 2 saturated heterocycles.